The minimum atomic E-state index is 0.103. The van der Waals surface area contributed by atoms with Crippen LogP contribution in [0, 0.1) is 5.41 Å². The Balaban J connectivity index is 2.09. The van der Waals surface area contributed by atoms with E-state index in [-0.39, 0.29) is 11.0 Å². The number of hydrogen-bond donors (Lipinski definition) is 1. The smallest absolute Gasteiger partial charge is 0.251 e. The van der Waals surface area contributed by atoms with Gasteiger partial charge in [0.05, 0.1) is 5.52 Å². The summed E-state index contributed by atoms with van der Waals surface area (Å²) < 4.78 is 1.94. The first-order valence-corrected chi connectivity index (χ1v) is 7.57. The average molecular weight is 273 g/mol. The van der Waals surface area contributed by atoms with Gasteiger partial charge in [0.1, 0.15) is 0 Å². The van der Waals surface area contributed by atoms with Crippen LogP contribution in [0.1, 0.15) is 25.7 Å². The van der Waals surface area contributed by atoms with Crippen LogP contribution in [0.25, 0.3) is 10.9 Å². The maximum absolute atomic E-state index is 12.2. The summed E-state index contributed by atoms with van der Waals surface area (Å²) in [6.45, 7) is 0.802. The molecule has 3 rings (SSSR count). The highest BCUT2D eigenvalue weighted by atomic mass is 32.1. The van der Waals surface area contributed by atoms with E-state index < -0.39 is 0 Å². The molecule has 0 atom stereocenters. The zero-order valence-corrected chi connectivity index (χ0v) is 11.9. The van der Waals surface area contributed by atoms with Crippen molar-refractivity contribution in [2.24, 2.45) is 5.41 Å². The lowest BCUT2D eigenvalue weighted by Crippen LogP contribution is -2.31. The van der Waals surface area contributed by atoms with E-state index in [0.717, 1.165) is 23.2 Å². The van der Waals surface area contributed by atoms with Crippen molar-refractivity contribution in [1.29, 1.82) is 0 Å². The fourth-order valence-electron chi connectivity index (χ4n) is 3.23. The molecule has 0 bridgehead atoms. The van der Waals surface area contributed by atoms with Crippen LogP contribution in [0.2, 0.25) is 0 Å². The van der Waals surface area contributed by atoms with Gasteiger partial charge in [0.15, 0.2) is 0 Å². The van der Waals surface area contributed by atoms with E-state index in [1.165, 1.54) is 25.7 Å². The fraction of sp³-hybridized carbons (Fsp3) is 0.438. The lowest BCUT2D eigenvalue weighted by atomic mass is 9.88. The number of para-hydroxylation sites is 1. The zero-order chi connectivity index (χ0) is 13.3. The first kappa shape index (κ1) is 12.8. The molecule has 1 fully saturated rings. The van der Waals surface area contributed by atoms with Gasteiger partial charge in [-0.25, -0.2) is 0 Å². The maximum atomic E-state index is 12.2. The third kappa shape index (κ3) is 2.32. The van der Waals surface area contributed by atoms with Crippen molar-refractivity contribution in [3.05, 3.63) is 46.8 Å². The number of rotatable bonds is 3. The second-order valence-corrected chi connectivity index (χ2v) is 6.00. The Morgan fingerprint density at radius 2 is 1.84 bits per heavy atom. The molecule has 0 aliphatic heterocycles. The zero-order valence-electron chi connectivity index (χ0n) is 11.0. The molecule has 1 saturated carbocycles. The summed E-state index contributed by atoms with van der Waals surface area (Å²) in [7, 11) is 0. The Labute approximate surface area is 118 Å². The Morgan fingerprint density at radius 1 is 1.11 bits per heavy atom. The third-order valence-electron chi connectivity index (χ3n) is 4.39. The molecule has 0 spiro atoms. The van der Waals surface area contributed by atoms with Gasteiger partial charge in [-0.05, 0) is 41.5 Å². The van der Waals surface area contributed by atoms with Gasteiger partial charge in [0.25, 0.3) is 5.56 Å². The molecule has 0 amide bonds. The first-order chi connectivity index (χ1) is 9.24. The largest absolute Gasteiger partial charge is 0.308 e. The van der Waals surface area contributed by atoms with Crippen molar-refractivity contribution in [2.45, 2.75) is 32.2 Å². The standard InChI is InChI=1S/C16H19NOS/c18-15-8-7-13-5-1-2-6-14(13)17(15)11-16(12-19)9-3-4-10-16/h1-2,5-8,19H,3-4,9-12H2. The molecule has 2 aromatic rings. The normalized spacial score (nSPS) is 17.9. The van der Waals surface area contributed by atoms with Crippen molar-refractivity contribution in [3.63, 3.8) is 0 Å². The van der Waals surface area contributed by atoms with Crippen LogP contribution in [0.3, 0.4) is 0 Å². The molecule has 0 radical (unpaired) electrons. The van der Waals surface area contributed by atoms with E-state index in [4.69, 9.17) is 0 Å². The van der Waals surface area contributed by atoms with Crippen molar-refractivity contribution in [2.75, 3.05) is 5.75 Å². The van der Waals surface area contributed by atoms with Crippen molar-refractivity contribution in [3.8, 4) is 0 Å². The Morgan fingerprint density at radius 3 is 2.58 bits per heavy atom. The third-order valence-corrected chi connectivity index (χ3v) is 5.06. The molecule has 2 nitrogen and oxygen atoms in total. The van der Waals surface area contributed by atoms with E-state index in [2.05, 4.69) is 18.7 Å². The Hall–Kier alpha value is -1.22. The maximum Gasteiger partial charge on any atom is 0.251 e. The quantitative estimate of drug-likeness (QED) is 0.850. The second-order valence-electron chi connectivity index (χ2n) is 5.68. The molecule has 1 aliphatic rings. The highest BCUT2D eigenvalue weighted by Gasteiger charge is 2.33. The molecule has 0 unspecified atom stereocenters. The number of benzene rings is 1. The lowest BCUT2D eigenvalue weighted by Gasteiger charge is -2.28. The molecule has 1 heterocycles. The summed E-state index contributed by atoms with van der Waals surface area (Å²) in [5.41, 5.74) is 1.35. The van der Waals surface area contributed by atoms with E-state index in [1.54, 1.807) is 6.07 Å². The molecule has 1 aromatic heterocycles. The number of thiol groups is 1. The molecule has 0 N–H and O–H groups in total. The summed E-state index contributed by atoms with van der Waals surface area (Å²) in [5.74, 6) is 0.864. The van der Waals surface area contributed by atoms with Gasteiger partial charge in [-0.15, -0.1) is 0 Å². The van der Waals surface area contributed by atoms with Gasteiger partial charge in [-0.1, -0.05) is 31.0 Å². The molecule has 100 valence electrons. The fourth-order valence-corrected chi connectivity index (χ4v) is 3.65. The van der Waals surface area contributed by atoms with E-state index >= 15 is 0 Å². The van der Waals surface area contributed by atoms with Crippen LogP contribution in [-0.4, -0.2) is 10.3 Å². The molecule has 19 heavy (non-hydrogen) atoms. The molecular weight excluding hydrogens is 254 g/mol. The average Bonchev–Trinajstić information content (AvgIpc) is 2.91. The second kappa shape index (κ2) is 5.04. The summed E-state index contributed by atoms with van der Waals surface area (Å²) in [6, 6.07) is 11.7. The van der Waals surface area contributed by atoms with Crippen LogP contribution >= 0.6 is 12.6 Å². The van der Waals surface area contributed by atoms with Crippen molar-refractivity contribution < 1.29 is 0 Å². The molecule has 0 saturated heterocycles. The van der Waals surface area contributed by atoms with Gasteiger partial charge in [0, 0.05) is 12.6 Å². The van der Waals surface area contributed by atoms with Crippen LogP contribution in [0.15, 0.2) is 41.2 Å². The predicted octanol–water partition coefficient (Wildman–Crippen LogP) is 3.49. The van der Waals surface area contributed by atoms with Gasteiger partial charge < -0.3 is 4.57 Å². The topological polar surface area (TPSA) is 22.0 Å². The number of nitrogens with zero attached hydrogens (tertiary/aromatic N) is 1. The molecule has 1 aliphatic carbocycles. The van der Waals surface area contributed by atoms with Crippen molar-refractivity contribution >= 4 is 23.5 Å². The SMILES string of the molecule is O=c1ccc2ccccc2n1CC1(CS)CCCC1. The first-order valence-electron chi connectivity index (χ1n) is 6.94. The van der Waals surface area contributed by atoms with Gasteiger partial charge in [-0.3, -0.25) is 4.79 Å². The molecular formula is C16H19NOS. The summed E-state index contributed by atoms with van der Waals surface area (Å²) in [5, 5.41) is 1.13. The Bertz CT molecular complexity index is 640. The van der Waals surface area contributed by atoms with E-state index in [0.29, 0.717) is 0 Å². The lowest BCUT2D eigenvalue weighted by molar-refractivity contribution is 0.291. The minimum absolute atomic E-state index is 0.103. The summed E-state index contributed by atoms with van der Waals surface area (Å²) >= 11 is 4.54. The van der Waals surface area contributed by atoms with Gasteiger partial charge in [0.2, 0.25) is 0 Å². The van der Waals surface area contributed by atoms with E-state index in [1.807, 2.05) is 28.8 Å². The Kier molecular flexibility index (Phi) is 3.40. The molecule has 1 aromatic carbocycles. The van der Waals surface area contributed by atoms with Crippen molar-refractivity contribution in [1.82, 2.24) is 4.57 Å². The van der Waals surface area contributed by atoms with Gasteiger partial charge >= 0.3 is 0 Å². The highest BCUT2D eigenvalue weighted by Crippen LogP contribution is 2.40. The monoisotopic (exact) mass is 273 g/mol. The minimum Gasteiger partial charge on any atom is -0.308 e. The number of aromatic nitrogens is 1. The van der Waals surface area contributed by atoms with E-state index in [9.17, 15) is 4.79 Å². The van der Waals surface area contributed by atoms with Crippen LogP contribution in [-0.2, 0) is 6.54 Å². The molecule has 3 heteroatoms. The van der Waals surface area contributed by atoms with Crippen LogP contribution in [0.4, 0.5) is 0 Å². The number of hydrogen-bond acceptors (Lipinski definition) is 2. The highest BCUT2D eigenvalue weighted by molar-refractivity contribution is 7.80. The van der Waals surface area contributed by atoms with Gasteiger partial charge in [-0.2, -0.15) is 12.6 Å². The van der Waals surface area contributed by atoms with Crippen LogP contribution in [0.5, 0.6) is 0 Å². The number of fused-ring (bicyclic) bond motifs is 1. The van der Waals surface area contributed by atoms with Crippen LogP contribution < -0.4 is 5.56 Å². The summed E-state index contributed by atoms with van der Waals surface area (Å²) in [4.78, 5) is 12.2. The predicted molar refractivity (Wildman–Crippen MR) is 83.0 cm³/mol. The summed E-state index contributed by atoms with van der Waals surface area (Å²) in [6.07, 6.45) is 4.90. The number of pyridine rings is 1.